The van der Waals surface area contributed by atoms with Crippen LogP contribution in [0, 0.1) is 11.3 Å². The zero-order valence-corrected chi connectivity index (χ0v) is 12.4. The molecule has 0 radical (unpaired) electrons. The minimum Gasteiger partial charge on any atom is -0.379 e. The van der Waals surface area contributed by atoms with E-state index in [1.165, 1.54) is 0 Å². The van der Waals surface area contributed by atoms with E-state index in [-0.39, 0.29) is 5.91 Å². The number of carbonyl (C=O) groups excluding carboxylic acids is 1. The van der Waals surface area contributed by atoms with Gasteiger partial charge in [0.2, 0.25) is 5.91 Å². The SMILES string of the molecule is CCNCCC(=O)N(CCC#N)CCN1CCOCC1. The third-order valence-electron chi connectivity index (χ3n) is 3.40. The van der Waals surface area contributed by atoms with Crippen LogP contribution in [-0.2, 0) is 9.53 Å². The molecule has 0 atom stereocenters. The van der Waals surface area contributed by atoms with Crippen LogP contribution >= 0.6 is 0 Å². The van der Waals surface area contributed by atoms with E-state index >= 15 is 0 Å². The van der Waals surface area contributed by atoms with E-state index < -0.39 is 0 Å². The molecule has 0 aromatic heterocycles. The van der Waals surface area contributed by atoms with Gasteiger partial charge in [0.15, 0.2) is 0 Å². The molecule has 0 bridgehead atoms. The van der Waals surface area contributed by atoms with Crippen molar-refractivity contribution in [2.45, 2.75) is 19.8 Å². The molecule has 0 saturated carbocycles. The van der Waals surface area contributed by atoms with Gasteiger partial charge in [0.25, 0.3) is 0 Å². The number of morpholine rings is 1. The molecule has 1 saturated heterocycles. The number of nitrogens with one attached hydrogen (secondary N) is 1. The van der Waals surface area contributed by atoms with Crippen molar-refractivity contribution in [2.24, 2.45) is 0 Å². The summed E-state index contributed by atoms with van der Waals surface area (Å²) in [6, 6.07) is 2.12. The van der Waals surface area contributed by atoms with Crippen LogP contribution in [0.4, 0.5) is 0 Å². The van der Waals surface area contributed by atoms with Gasteiger partial charge in [-0.15, -0.1) is 0 Å². The molecule has 0 aliphatic carbocycles. The molecule has 0 unspecified atom stereocenters. The number of amides is 1. The minimum atomic E-state index is 0.134. The molecule has 1 fully saturated rings. The highest BCUT2D eigenvalue weighted by atomic mass is 16.5. The monoisotopic (exact) mass is 282 g/mol. The first-order chi connectivity index (χ1) is 9.77. The van der Waals surface area contributed by atoms with E-state index in [4.69, 9.17) is 10.00 Å². The van der Waals surface area contributed by atoms with Crippen molar-refractivity contribution >= 4 is 5.91 Å². The normalized spacial score (nSPS) is 15.8. The lowest BCUT2D eigenvalue weighted by molar-refractivity contribution is -0.131. The van der Waals surface area contributed by atoms with Gasteiger partial charge in [-0.2, -0.15) is 5.26 Å². The Balaban J connectivity index is 2.33. The second kappa shape index (κ2) is 10.6. The minimum absolute atomic E-state index is 0.134. The molecule has 1 aliphatic rings. The van der Waals surface area contributed by atoms with Crippen LogP contribution in [-0.4, -0.2) is 74.7 Å². The highest BCUT2D eigenvalue weighted by molar-refractivity contribution is 5.76. The van der Waals surface area contributed by atoms with Crippen LogP contribution in [0.15, 0.2) is 0 Å². The van der Waals surface area contributed by atoms with Gasteiger partial charge in [0.1, 0.15) is 0 Å². The largest absolute Gasteiger partial charge is 0.379 e. The van der Waals surface area contributed by atoms with Crippen LogP contribution in [0.25, 0.3) is 0 Å². The van der Waals surface area contributed by atoms with Gasteiger partial charge >= 0.3 is 0 Å². The topological polar surface area (TPSA) is 68.6 Å². The molecule has 6 heteroatoms. The third-order valence-corrected chi connectivity index (χ3v) is 3.40. The Morgan fingerprint density at radius 3 is 2.80 bits per heavy atom. The number of nitrogens with zero attached hydrogens (tertiary/aromatic N) is 3. The molecule has 1 amide bonds. The van der Waals surface area contributed by atoms with Gasteiger partial charge < -0.3 is 15.0 Å². The summed E-state index contributed by atoms with van der Waals surface area (Å²) in [4.78, 5) is 16.3. The standard InChI is InChI=1S/C14H26N4O2/c1-2-16-6-4-14(19)18(7-3-5-15)9-8-17-10-12-20-13-11-17/h16H,2-4,6-13H2,1H3. The fourth-order valence-corrected chi connectivity index (χ4v) is 2.16. The Kier molecular flexibility index (Phi) is 8.96. The van der Waals surface area contributed by atoms with Crippen molar-refractivity contribution in [3.63, 3.8) is 0 Å². The van der Waals surface area contributed by atoms with Crippen LogP contribution < -0.4 is 5.32 Å². The first kappa shape index (κ1) is 16.9. The highest BCUT2D eigenvalue weighted by Gasteiger charge is 2.16. The summed E-state index contributed by atoms with van der Waals surface area (Å²) in [6.45, 7) is 9.10. The lowest BCUT2D eigenvalue weighted by atomic mass is 10.3. The molecule has 20 heavy (non-hydrogen) atoms. The average Bonchev–Trinajstić information content (AvgIpc) is 2.48. The van der Waals surface area contributed by atoms with Gasteiger partial charge in [-0.25, -0.2) is 0 Å². The Labute approximate surface area is 121 Å². The zero-order valence-electron chi connectivity index (χ0n) is 12.4. The van der Waals surface area contributed by atoms with Gasteiger partial charge in [-0.1, -0.05) is 6.92 Å². The molecule has 0 aromatic carbocycles. The van der Waals surface area contributed by atoms with Gasteiger partial charge in [-0.05, 0) is 6.54 Å². The van der Waals surface area contributed by atoms with Crippen molar-refractivity contribution in [1.29, 1.82) is 5.26 Å². The number of nitriles is 1. The first-order valence-electron chi connectivity index (χ1n) is 7.43. The predicted molar refractivity (Wildman–Crippen MR) is 77.2 cm³/mol. The smallest absolute Gasteiger partial charge is 0.223 e. The summed E-state index contributed by atoms with van der Waals surface area (Å²) in [5.41, 5.74) is 0. The van der Waals surface area contributed by atoms with Crippen LogP contribution in [0.2, 0.25) is 0 Å². The quantitative estimate of drug-likeness (QED) is 0.606. The second-order valence-electron chi connectivity index (χ2n) is 4.85. The van der Waals surface area contributed by atoms with Crippen molar-refractivity contribution < 1.29 is 9.53 Å². The maximum Gasteiger partial charge on any atom is 0.223 e. The molecule has 1 N–H and O–H groups in total. The fourth-order valence-electron chi connectivity index (χ4n) is 2.16. The van der Waals surface area contributed by atoms with Crippen molar-refractivity contribution in [3.05, 3.63) is 0 Å². The van der Waals surface area contributed by atoms with E-state index in [1.807, 2.05) is 11.8 Å². The Hall–Kier alpha value is -1.16. The van der Waals surface area contributed by atoms with Crippen molar-refractivity contribution in [3.8, 4) is 6.07 Å². The summed E-state index contributed by atoms with van der Waals surface area (Å²) in [5, 5.41) is 11.9. The third kappa shape index (κ3) is 6.85. The van der Waals surface area contributed by atoms with Gasteiger partial charge in [0, 0.05) is 45.7 Å². The molecule has 1 aliphatic heterocycles. The van der Waals surface area contributed by atoms with Crippen LogP contribution in [0.3, 0.4) is 0 Å². The van der Waals surface area contributed by atoms with Gasteiger partial charge in [0.05, 0.1) is 25.7 Å². The molecule has 1 rings (SSSR count). The summed E-state index contributed by atoms with van der Waals surface area (Å²) < 4.78 is 5.31. The lowest BCUT2D eigenvalue weighted by Crippen LogP contribution is -2.43. The maximum absolute atomic E-state index is 12.1. The average molecular weight is 282 g/mol. The van der Waals surface area contributed by atoms with E-state index in [2.05, 4.69) is 16.3 Å². The number of rotatable bonds is 9. The van der Waals surface area contributed by atoms with E-state index in [1.54, 1.807) is 0 Å². The Morgan fingerprint density at radius 1 is 1.40 bits per heavy atom. The second-order valence-corrected chi connectivity index (χ2v) is 4.85. The van der Waals surface area contributed by atoms with E-state index in [9.17, 15) is 4.79 Å². The molecule has 1 heterocycles. The van der Waals surface area contributed by atoms with E-state index in [0.29, 0.717) is 32.5 Å². The summed E-state index contributed by atoms with van der Waals surface area (Å²) in [6.07, 6.45) is 0.901. The molecule has 0 spiro atoms. The molecule has 0 aromatic rings. The summed E-state index contributed by atoms with van der Waals surface area (Å²) in [7, 11) is 0. The first-order valence-corrected chi connectivity index (χ1v) is 7.43. The van der Waals surface area contributed by atoms with Crippen LogP contribution in [0.5, 0.6) is 0 Å². The van der Waals surface area contributed by atoms with E-state index in [0.717, 1.165) is 39.4 Å². The molecule has 6 nitrogen and oxygen atoms in total. The number of hydrogen-bond acceptors (Lipinski definition) is 5. The Bertz CT molecular complexity index is 311. The molecular weight excluding hydrogens is 256 g/mol. The van der Waals surface area contributed by atoms with Crippen molar-refractivity contribution in [1.82, 2.24) is 15.1 Å². The van der Waals surface area contributed by atoms with Crippen molar-refractivity contribution in [2.75, 3.05) is 59.0 Å². The maximum atomic E-state index is 12.1. The zero-order chi connectivity index (χ0) is 14.6. The number of hydrogen-bond donors (Lipinski definition) is 1. The number of carbonyl (C=O) groups is 1. The Morgan fingerprint density at radius 2 is 2.15 bits per heavy atom. The summed E-state index contributed by atoms with van der Waals surface area (Å²) in [5.74, 6) is 0.134. The summed E-state index contributed by atoms with van der Waals surface area (Å²) >= 11 is 0. The molecule has 114 valence electrons. The van der Waals surface area contributed by atoms with Crippen LogP contribution in [0.1, 0.15) is 19.8 Å². The lowest BCUT2D eigenvalue weighted by Gasteiger charge is -2.30. The number of ether oxygens (including phenoxy) is 1. The highest BCUT2D eigenvalue weighted by Crippen LogP contribution is 2.01. The van der Waals surface area contributed by atoms with Gasteiger partial charge in [-0.3, -0.25) is 9.69 Å². The fraction of sp³-hybridized carbons (Fsp3) is 0.857. The predicted octanol–water partition coefficient (Wildman–Crippen LogP) is 0.0605. The molecular formula is C14H26N4O2.